The molecule has 2 heterocycles. The van der Waals surface area contributed by atoms with Crippen LogP contribution >= 0.6 is 0 Å². The summed E-state index contributed by atoms with van der Waals surface area (Å²) in [5.41, 5.74) is 8.98. The van der Waals surface area contributed by atoms with Gasteiger partial charge in [0.25, 0.3) is 0 Å². The summed E-state index contributed by atoms with van der Waals surface area (Å²) in [6, 6.07) is 53.1. The van der Waals surface area contributed by atoms with Gasteiger partial charge in [0.15, 0.2) is 5.84 Å². The lowest BCUT2D eigenvalue weighted by Gasteiger charge is -2.08. The van der Waals surface area contributed by atoms with Gasteiger partial charge in [-0.15, -0.1) is 0 Å². The highest BCUT2D eigenvalue weighted by atomic mass is 16.3. The molecule has 0 amide bonds. The molecule has 3 heteroatoms. The number of fused-ring (bicyclic) bond motifs is 5. The van der Waals surface area contributed by atoms with Crippen LogP contribution in [0.5, 0.6) is 0 Å². The Morgan fingerprint density at radius 2 is 1.11 bits per heavy atom. The van der Waals surface area contributed by atoms with Gasteiger partial charge in [-0.05, 0) is 68.6 Å². The first kappa shape index (κ1) is 26.4. The van der Waals surface area contributed by atoms with E-state index in [-0.39, 0.29) is 0 Å². The lowest BCUT2D eigenvalue weighted by atomic mass is 9.99. The summed E-state index contributed by atoms with van der Waals surface area (Å²) in [5.74, 6) is 0.683. The van der Waals surface area contributed by atoms with Crippen molar-refractivity contribution >= 4 is 60.7 Å². The zero-order valence-corrected chi connectivity index (χ0v) is 25.0. The number of benzene rings is 7. The second kappa shape index (κ2) is 10.8. The Bertz CT molecular complexity index is 2550. The van der Waals surface area contributed by atoms with Crippen molar-refractivity contribution in [2.45, 2.75) is 6.42 Å². The molecule has 1 aliphatic heterocycles. The van der Waals surface area contributed by atoms with Gasteiger partial charge in [0, 0.05) is 28.3 Å². The zero-order chi connectivity index (χ0) is 30.5. The molecule has 0 N–H and O–H groups in total. The van der Waals surface area contributed by atoms with Gasteiger partial charge in [-0.3, -0.25) is 0 Å². The fraction of sp³-hybridized carbons (Fsp3) is 0.0233. The van der Waals surface area contributed by atoms with Crippen LogP contribution in [-0.4, -0.2) is 11.5 Å². The Balaban J connectivity index is 1.21. The maximum Gasteiger partial charge on any atom is 0.160 e. The highest BCUT2D eigenvalue weighted by Gasteiger charge is 2.19. The molecule has 0 bridgehead atoms. The van der Waals surface area contributed by atoms with E-state index in [2.05, 4.69) is 140 Å². The minimum atomic E-state index is 0.677. The Kier molecular flexibility index (Phi) is 6.20. The number of allylic oxidation sites excluding steroid dienone is 1. The Hall–Kier alpha value is -6.06. The Labute approximate surface area is 266 Å². The largest absolute Gasteiger partial charge is 0.456 e. The van der Waals surface area contributed by atoms with Gasteiger partial charge < -0.3 is 4.42 Å². The summed E-state index contributed by atoms with van der Waals surface area (Å²) in [6.07, 6.45) is 2.88. The molecule has 46 heavy (non-hydrogen) atoms. The second-order valence-corrected chi connectivity index (χ2v) is 11.8. The van der Waals surface area contributed by atoms with Crippen molar-refractivity contribution in [1.29, 1.82) is 0 Å². The predicted octanol–water partition coefficient (Wildman–Crippen LogP) is 11.2. The van der Waals surface area contributed by atoms with E-state index in [9.17, 15) is 0 Å². The lowest BCUT2D eigenvalue weighted by Crippen LogP contribution is -2.05. The fourth-order valence-electron chi connectivity index (χ4n) is 6.58. The Morgan fingerprint density at radius 3 is 1.89 bits per heavy atom. The molecular formula is C43H28N2O. The van der Waals surface area contributed by atoms with Crippen molar-refractivity contribution in [3.05, 3.63) is 174 Å². The minimum absolute atomic E-state index is 0.677. The zero-order valence-electron chi connectivity index (χ0n) is 25.0. The molecule has 216 valence electrons. The quantitative estimate of drug-likeness (QED) is 0.201. The fourth-order valence-corrected chi connectivity index (χ4v) is 6.58. The number of rotatable bonds is 4. The number of hydrogen-bond acceptors (Lipinski definition) is 3. The molecule has 1 aromatic heterocycles. The predicted molar refractivity (Wildman–Crippen MR) is 193 cm³/mol. The SMILES string of the molecule is C1=C(c2ccc3ccccc3c2)N=C(c2cccc3oc4cc(-c5ccc6ccccc6c5)ccc4c23)N=C(c2ccccc2)C1. The first-order valence-corrected chi connectivity index (χ1v) is 15.6. The van der Waals surface area contributed by atoms with Crippen LogP contribution in [0.15, 0.2) is 172 Å². The number of hydrogen-bond donors (Lipinski definition) is 0. The van der Waals surface area contributed by atoms with Crippen LogP contribution in [0.1, 0.15) is 23.1 Å². The number of amidine groups is 1. The molecule has 0 saturated carbocycles. The maximum atomic E-state index is 6.52. The van der Waals surface area contributed by atoms with Crippen LogP contribution in [0.25, 0.3) is 60.3 Å². The van der Waals surface area contributed by atoms with E-state index < -0.39 is 0 Å². The molecule has 7 aromatic carbocycles. The van der Waals surface area contributed by atoms with E-state index in [1.807, 2.05) is 18.2 Å². The Morgan fingerprint density at radius 1 is 0.457 bits per heavy atom. The van der Waals surface area contributed by atoms with Crippen LogP contribution in [0.4, 0.5) is 0 Å². The van der Waals surface area contributed by atoms with Crippen LogP contribution in [0.2, 0.25) is 0 Å². The standard InChI is InChI=1S/C43H28N2O/c1-2-11-30(12-3-1)38-23-24-39(35-20-18-29-10-5-7-14-32(29)26-35)45-43(44-38)37-15-8-16-40-42(37)36-22-21-34(27-41(36)46-40)33-19-17-28-9-4-6-13-31(28)25-33/h1-22,24-27H,23H2. The van der Waals surface area contributed by atoms with E-state index in [0.29, 0.717) is 12.3 Å². The van der Waals surface area contributed by atoms with E-state index in [1.54, 1.807) is 0 Å². The molecule has 0 radical (unpaired) electrons. The molecule has 0 fully saturated rings. The van der Waals surface area contributed by atoms with Gasteiger partial charge in [-0.2, -0.15) is 0 Å². The number of furan rings is 1. The smallest absolute Gasteiger partial charge is 0.160 e. The normalized spacial score (nSPS) is 13.5. The van der Waals surface area contributed by atoms with Crippen molar-refractivity contribution in [3.63, 3.8) is 0 Å². The third-order valence-corrected chi connectivity index (χ3v) is 8.93. The van der Waals surface area contributed by atoms with Gasteiger partial charge in [-0.1, -0.05) is 127 Å². The highest BCUT2D eigenvalue weighted by molar-refractivity contribution is 6.23. The molecular weight excluding hydrogens is 560 g/mol. The van der Waals surface area contributed by atoms with Gasteiger partial charge >= 0.3 is 0 Å². The summed E-state index contributed by atoms with van der Waals surface area (Å²) in [7, 11) is 0. The molecule has 0 aliphatic carbocycles. The lowest BCUT2D eigenvalue weighted by molar-refractivity contribution is 0.669. The van der Waals surface area contributed by atoms with Gasteiger partial charge in [0.2, 0.25) is 0 Å². The molecule has 3 nitrogen and oxygen atoms in total. The first-order chi connectivity index (χ1) is 22.8. The number of aliphatic imine (C=N–C) groups is 2. The van der Waals surface area contributed by atoms with Crippen molar-refractivity contribution in [2.75, 3.05) is 0 Å². The molecule has 0 unspecified atom stereocenters. The monoisotopic (exact) mass is 588 g/mol. The van der Waals surface area contributed by atoms with E-state index in [1.165, 1.54) is 21.5 Å². The second-order valence-electron chi connectivity index (χ2n) is 11.8. The topological polar surface area (TPSA) is 37.9 Å². The molecule has 0 atom stereocenters. The van der Waals surface area contributed by atoms with Gasteiger partial charge in [0.1, 0.15) is 11.2 Å². The first-order valence-electron chi connectivity index (χ1n) is 15.6. The molecule has 0 saturated heterocycles. The number of nitrogens with zero attached hydrogens (tertiary/aromatic N) is 2. The minimum Gasteiger partial charge on any atom is -0.456 e. The van der Waals surface area contributed by atoms with E-state index in [0.717, 1.165) is 61.2 Å². The van der Waals surface area contributed by atoms with Gasteiger partial charge in [0.05, 0.1) is 11.4 Å². The average Bonchev–Trinajstić information content (AvgIpc) is 3.35. The highest BCUT2D eigenvalue weighted by Crippen LogP contribution is 2.36. The summed E-state index contributed by atoms with van der Waals surface area (Å²) < 4.78 is 6.52. The molecule has 1 aliphatic rings. The molecule has 8 aromatic rings. The van der Waals surface area contributed by atoms with Crippen molar-refractivity contribution in [1.82, 2.24) is 0 Å². The van der Waals surface area contributed by atoms with Crippen molar-refractivity contribution in [3.8, 4) is 11.1 Å². The third-order valence-electron chi connectivity index (χ3n) is 8.93. The maximum absolute atomic E-state index is 6.52. The summed E-state index contributed by atoms with van der Waals surface area (Å²) in [6.45, 7) is 0. The van der Waals surface area contributed by atoms with Crippen LogP contribution in [0.3, 0.4) is 0 Å². The van der Waals surface area contributed by atoms with Crippen molar-refractivity contribution < 1.29 is 4.42 Å². The molecule has 0 spiro atoms. The van der Waals surface area contributed by atoms with Gasteiger partial charge in [-0.25, -0.2) is 9.98 Å². The summed E-state index contributed by atoms with van der Waals surface area (Å²) in [5, 5.41) is 6.94. The molecule has 9 rings (SSSR count). The third kappa shape index (κ3) is 4.61. The van der Waals surface area contributed by atoms with Crippen LogP contribution in [0, 0.1) is 0 Å². The summed E-state index contributed by atoms with van der Waals surface area (Å²) in [4.78, 5) is 10.5. The summed E-state index contributed by atoms with van der Waals surface area (Å²) >= 11 is 0. The average molecular weight is 589 g/mol. The van der Waals surface area contributed by atoms with E-state index in [4.69, 9.17) is 14.4 Å². The van der Waals surface area contributed by atoms with Crippen LogP contribution < -0.4 is 0 Å². The van der Waals surface area contributed by atoms with Crippen LogP contribution in [-0.2, 0) is 0 Å². The van der Waals surface area contributed by atoms with Crippen molar-refractivity contribution in [2.24, 2.45) is 9.98 Å². The van der Waals surface area contributed by atoms with E-state index >= 15 is 0 Å².